The molecule has 4 aromatic rings. The van der Waals surface area contributed by atoms with Crippen LogP contribution in [-0.4, -0.2) is 20.1 Å². The third-order valence-electron chi connectivity index (χ3n) is 4.77. The molecule has 32 heavy (non-hydrogen) atoms. The third kappa shape index (κ3) is 5.91. The van der Waals surface area contributed by atoms with Crippen LogP contribution in [0.1, 0.15) is 37.8 Å². The van der Waals surface area contributed by atoms with E-state index < -0.39 is 0 Å². The van der Waals surface area contributed by atoms with Crippen molar-refractivity contribution in [3.63, 3.8) is 0 Å². The van der Waals surface area contributed by atoms with Crippen molar-refractivity contribution < 1.29 is 4.52 Å². The SMILES string of the molecule is CC(C)(C)c1ccc(-c2noc(CSc3cc(SCc4ccccc4Cl)ncn3)n2)cc1. The predicted molar refractivity (Wildman–Crippen MR) is 131 cm³/mol. The van der Waals surface area contributed by atoms with Crippen LogP contribution in [0, 0.1) is 0 Å². The molecule has 8 heteroatoms. The van der Waals surface area contributed by atoms with Crippen molar-refractivity contribution >= 4 is 35.1 Å². The van der Waals surface area contributed by atoms with Crippen molar-refractivity contribution in [2.45, 2.75) is 47.7 Å². The molecule has 0 aliphatic carbocycles. The third-order valence-corrected chi connectivity index (χ3v) is 7.02. The minimum Gasteiger partial charge on any atom is -0.338 e. The summed E-state index contributed by atoms with van der Waals surface area (Å²) in [6.45, 7) is 6.58. The largest absolute Gasteiger partial charge is 0.338 e. The molecule has 0 amide bonds. The summed E-state index contributed by atoms with van der Waals surface area (Å²) in [6, 6.07) is 18.1. The predicted octanol–water partition coefficient (Wildman–Crippen LogP) is 7.06. The number of aromatic nitrogens is 4. The molecule has 0 aliphatic heterocycles. The second kappa shape index (κ2) is 10.1. The van der Waals surface area contributed by atoms with Gasteiger partial charge in [-0.25, -0.2) is 9.97 Å². The summed E-state index contributed by atoms with van der Waals surface area (Å²) in [6.07, 6.45) is 1.58. The maximum Gasteiger partial charge on any atom is 0.237 e. The van der Waals surface area contributed by atoms with Crippen LogP contribution in [0.5, 0.6) is 0 Å². The van der Waals surface area contributed by atoms with Crippen LogP contribution in [-0.2, 0) is 16.9 Å². The van der Waals surface area contributed by atoms with Crippen LogP contribution >= 0.6 is 35.1 Å². The zero-order chi connectivity index (χ0) is 22.6. The van der Waals surface area contributed by atoms with Crippen LogP contribution in [0.3, 0.4) is 0 Å². The second-order valence-corrected chi connectivity index (χ2v) is 10.6. The number of thioether (sulfide) groups is 2. The van der Waals surface area contributed by atoms with Gasteiger partial charge in [-0.3, -0.25) is 0 Å². The van der Waals surface area contributed by atoms with Gasteiger partial charge in [0.1, 0.15) is 16.4 Å². The number of hydrogen-bond acceptors (Lipinski definition) is 7. The van der Waals surface area contributed by atoms with Gasteiger partial charge in [-0.15, -0.1) is 11.8 Å². The van der Waals surface area contributed by atoms with Gasteiger partial charge in [-0.2, -0.15) is 4.98 Å². The Kier molecular flexibility index (Phi) is 7.18. The van der Waals surface area contributed by atoms with Crippen molar-refractivity contribution in [3.05, 3.63) is 83.0 Å². The van der Waals surface area contributed by atoms with E-state index in [0.29, 0.717) is 17.5 Å². The van der Waals surface area contributed by atoms with Crippen molar-refractivity contribution in [2.24, 2.45) is 0 Å². The molecule has 0 saturated carbocycles. The molecule has 0 spiro atoms. The molecule has 0 bridgehead atoms. The Labute approximate surface area is 201 Å². The summed E-state index contributed by atoms with van der Waals surface area (Å²) in [5, 5.41) is 6.65. The Balaban J connectivity index is 1.36. The van der Waals surface area contributed by atoms with Gasteiger partial charge in [0.15, 0.2) is 0 Å². The average Bonchev–Trinajstić information content (AvgIpc) is 3.26. The molecule has 0 unspecified atom stereocenters. The smallest absolute Gasteiger partial charge is 0.237 e. The molecule has 0 fully saturated rings. The lowest BCUT2D eigenvalue weighted by molar-refractivity contribution is 0.391. The molecular formula is C24H23ClN4OS2. The standard InChI is InChI=1S/C24H23ClN4OS2/c1-24(2,3)18-10-8-16(9-11-18)23-28-20(30-29-23)14-32-22-12-21(26-15-27-22)31-13-17-6-4-5-7-19(17)25/h4-12,15H,13-14H2,1-3H3. The molecule has 0 saturated heterocycles. The maximum absolute atomic E-state index is 6.24. The summed E-state index contributed by atoms with van der Waals surface area (Å²) >= 11 is 9.41. The van der Waals surface area contributed by atoms with Crippen molar-refractivity contribution in [2.75, 3.05) is 0 Å². The van der Waals surface area contributed by atoms with E-state index >= 15 is 0 Å². The Bertz CT molecular complexity index is 1190. The van der Waals surface area contributed by atoms with Crippen LogP contribution in [0.25, 0.3) is 11.4 Å². The number of hydrogen-bond donors (Lipinski definition) is 0. The first-order valence-corrected chi connectivity index (χ1v) is 12.5. The van der Waals surface area contributed by atoms with E-state index in [1.54, 1.807) is 29.9 Å². The van der Waals surface area contributed by atoms with Gasteiger partial charge >= 0.3 is 0 Å². The monoisotopic (exact) mass is 482 g/mol. The highest BCUT2D eigenvalue weighted by Crippen LogP contribution is 2.29. The average molecular weight is 483 g/mol. The molecule has 4 rings (SSSR count). The molecule has 0 aliphatic rings. The highest BCUT2D eigenvalue weighted by molar-refractivity contribution is 7.99. The van der Waals surface area contributed by atoms with Gasteiger partial charge in [-0.05, 0) is 22.6 Å². The summed E-state index contributed by atoms with van der Waals surface area (Å²) in [5.41, 5.74) is 3.41. The van der Waals surface area contributed by atoms with Gasteiger partial charge in [0.2, 0.25) is 11.7 Å². The molecule has 0 radical (unpaired) electrons. The lowest BCUT2D eigenvalue weighted by Crippen LogP contribution is -2.10. The van der Waals surface area contributed by atoms with Crippen LogP contribution < -0.4 is 0 Å². The topological polar surface area (TPSA) is 64.7 Å². The van der Waals surface area contributed by atoms with Gasteiger partial charge < -0.3 is 4.52 Å². The summed E-state index contributed by atoms with van der Waals surface area (Å²) < 4.78 is 5.44. The fourth-order valence-electron chi connectivity index (χ4n) is 2.93. The Morgan fingerprint density at radius 2 is 1.59 bits per heavy atom. The Morgan fingerprint density at radius 1 is 0.906 bits per heavy atom. The number of nitrogens with zero attached hydrogens (tertiary/aromatic N) is 4. The molecule has 2 aromatic carbocycles. The molecule has 0 N–H and O–H groups in total. The normalized spacial score (nSPS) is 11.6. The first-order valence-electron chi connectivity index (χ1n) is 10.1. The highest BCUT2D eigenvalue weighted by atomic mass is 35.5. The number of benzene rings is 2. The lowest BCUT2D eigenvalue weighted by Gasteiger charge is -2.18. The van der Waals surface area contributed by atoms with Gasteiger partial charge in [-0.1, -0.05) is 91.8 Å². The van der Waals surface area contributed by atoms with Gasteiger partial charge in [0.25, 0.3) is 0 Å². The van der Waals surface area contributed by atoms with E-state index in [1.165, 1.54) is 5.56 Å². The fraction of sp³-hybridized carbons (Fsp3) is 0.250. The Hall–Kier alpha value is -2.35. The minimum absolute atomic E-state index is 0.111. The fourth-order valence-corrected chi connectivity index (χ4v) is 4.87. The summed E-state index contributed by atoms with van der Waals surface area (Å²) in [4.78, 5) is 13.2. The van der Waals surface area contributed by atoms with E-state index in [2.05, 4.69) is 53.0 Å². The molecule has 5 nitrogen and oxygen atoms in total. The minimum atomic E-state index is 0.111. The van der Waals surface area contributed by atoms with Crippen molar-refractivity contribution in [1.29, 1.82) is 0 Å². The van der Waals surface area contributed by atoms with Crippen LogP contribution in [0.15, 0.2) is 75.5 Å². The van der Waals surface area contributed by atoms with Gasteiger partial charge in [0, 0.05) is 22.4 Å². The summed E-state index contributed by atoms with van der Waals surface area (Å²) in [7, 11) is 0. The molecule has 164 valence electrons. The number of halogens is 1. The van der Waals surface area contributed by atoms with Crippen LogP contribution in [0.4, 0.5) is 0 Å². The first kappa shape index (κ1) is 22.8. The second-order valence-electron chi connectivity index (χ2n) is 8.20. The lowest BCUT2D eigenvalue weighted by atomic mass is 9.87. The molecular weight excluding hydrogens is 460 g/mol. The van der Waals surface area contributed by atoms with Crippen LogP contribution in [0.2, 0.25) is 5.02 Å². The maximum atomic E-state index is 6.24. The highest BCUT2D eigenvalue weighted by Gasteiger charge is 2.15. The first-order chi connectivity index (χ1) is 15.4. The van der Waals surface area contributed by atoms with E-state index in [4.69, 9.17) is 16.1 Å². The zero-order valence-electron chi connectivity index (χ0n) is 18.1. The van der Waals surface area contributed by atoms with E-state index in [1.807, 2.05) is 42.5 Å². The Morgan fingerprint density at radius 3 is 2.28 bits per heavy atom. The number of rotatable bonds is 7. The quantitative estimate of drug-likeness (QED) is 0.206. The zero-order valence-corrected chi connectivity index (χ0v) is 20.5. The van der Waals surface area contributed by atoms with Gasteiger partial charge in [0.05, 0.1) is 5.75 Å². The van der Waals surface area contributed by atoms with E-state index in [9.17, 15) is 0 Å². The van der Waals surface area contributed by atoms with Crippen molar-refractivity contribution in [1.82, 2.24) is 20.1 Å². The van der Waals surface area contributed by atoms with Crippen molar-refractivity contribution in [3.8, 4) is 11.4 Å². The molecule has 2 heterocycles. The molecule has 0 atom stereocenters. The van der Waals surface area contributed by atoms with E-state index in [-0.39, 0.29) is 5.41 Å². The van der Waals surface area contributed by atoms with E-state index in [0.717, 1.165) is 32.0 Å². The summed E-state index contributed by atoms with van der Waals surface area (Å²) in [5.74, 6) is 2.45. The molecule has 2 aromatic heterocycles.